The molecule has 2 aromatic carbocycles. The number of amides is 1. The van der Waals surface area contributed by atoms with Gasteiger partial charge in [0.25, 0.3) is 5.91 Å². The summed E-state index contributed by atoms with van der Waals surface area (Å²) in [4.78, 5) is 12.8. The number of hydrogen-bond donors (Lipinski definition) is 1. The third kappa shape index (κ3) is 4.29. The van der Waals surface area contributed by atoms with Crippen LogP contribution in [-0.2, 0) is 0 Å². The van der Waals surface area contributed by atoms with Gasteiger partial charge in [-0.05, 0) is 46.5 Å². The molecule has 1 N–H and O–H groups in total. The van der Waals surface area contributed by atoms with Crippen LogP contribution in [0.4, 0.5) is 0 Å². The number of tetrazole rings is 1. The molecule has 0 radical (unpaired) electrons. The van der Waals surface area contributed by atoms with Gasteiger partial charge >= 0.3 is 0 Å². The number of benzene rings is 2. The monoisotopic (exact) mass is 335 g/mol. The molecule has 0 saturated carbocycles. The molecule has 6 nitrogen and oxygen atoms in total. The highest BCUT2D eigenvalue weighted by Gasteiger charge is 2.17. The van der Waals surface area contributed by atoms with Crippen molar-refractivity contribution in [2.45, 2.75) is 26.3 Å². The van der Waals surface area contributed by atoms with Crippen LogP contribution in [0, 0.1) is 5.92 Å². The second-order valence-electron chi connectivity index (χ2n) is 6.37. The topological polar surface area (TPSA) is 72.7 Å². The second-order valence-corrected chi connectivity index (χ2v) is 6.37. The van der Waals surface area contributed by atoms with Gasteiger partial charge < -0.3 is 5.32 Å². The number of aromatic nitrogens is 4. The molecule has 3 aromatic rings. The van der Waals surface area contributed by atoms with Crippen LogP contribution < -0.4 is 5.32 Å². The summed E-state index contributed by atoms with van der Waals surface area (Å²) in [6.45, 7) is 4.31. The summed E-state index contributed by atoms with van der Waals surface area (Å²) >= 11 is 0. The molecule has 0 aliphatic rings. The van der Waals surface area contributed by atoms with E-state index in [1.807, 2.05) is 42.5 Å². The van der Waals surface area contributed by atoms with Gasteiger partial charge in [-0.3, -0.25) is 4.79 Å². The quantitative estimate of drug-likeness (QED) is 0.751. The largest absolute Gasteiger partial charge is 0.345 e. The lowest BCUT2D eigenvalue weighted by molar-refractivity contribution is 0.0932. The van der Waals surface area contributed by atoms with E-state index in [2.05, 4.69) is 34.7 Å². The first-order valence-corrected chi connectivity index (χ1v) is 8.32. The van der Waals surface area contributed by atoms with Crippen LogP contribution in [-0.4, -0.2) is 26.1 Å². The molecule has 0 saturated heterocycles. The summed E-state index contributed by atoms with van der Waals surface area (Å²) in [6.07, 6.45) is 2.38. The van der Waals surface area contributed by atoms with Crippen molar-refractivity contribution >= 4 is 5.91 Å². The summed E-state index contributed by atoms with van der Waals surface area (Å²) in [5, 5.41) is 14.3. The van der Waals surface area contributed by atoms with E-state index in [0.717, 1.165) is 17.7 Å². The molecule has 1 amide bonds. The third-order valence-electron chi connectivity index (χ3n) is 3.94. The van der Waals surface area contributed by atoms with Crippen molar-refractivity contribution in [1.29, 1.82) is 0 Å². The summed E-state index contributed by atoms with van der Waals surface area (Å²) in [5.74, 6) is 0.363. The average molecular weight is 335 g/mol. The van der Waals surface area contributed by atoms with Crippen molar-refractivity contribution in [2.24, 2.45) is 5.92 Å². The smallest absolute Gasteiger partial charge is 0.251 e. The Kier molecular flexibility index (Phi) is 5.18. The summed E-state index contributed by atoms with van der Waals surface area (Å²) in [7, 11) is 0. The third-order valence-corrected chi connectivity index (χ3v) is 3.94. The normalized spacial score (nSPS) is 12.1. The predicted octanol–water partition coefficient (Wildman–Crippen LogP) is 3.18. The fraction of sp³-hybridized carbons (Fsp3) is 0.263. The van der Waals surface area contributed by atoms with Crippen LogP contribution in [0.1, 0.15) is 42.2 Å². The first-order chi connectivity index (χ1) is 12.1. The first-order valence-electron chi connectivity index (χ1n) is 8.32. The zero-order valence-corrected chi connectivity index (χ0v) is 14.3. The van der Waals surface area contributed by atoms with Gasteiger partial charge in [0.2, 0.25) is 0 Å². The molecule has 1 heterocycles. The Bertz CT molecular complexity index is 815. The maximum Gasteiger partial charge on any atom is 0.251 e. The Hall–Kier alpha value is -3.02. The molecule has 0 spiro atoms. The van der Waals surface area contributed by atoms with Crippen LogP contribution in [0.25, 0.3) is 5.69 Å². The highest BCUT2D eigenvalue weighted by atomic mass is 16.1. The molecule has 0 aliphatic heterocycles. The highest BCUT2D eigenvalue weighted by molar-refractivity contribution is 5.95. The molecule has 1 aromatic heterocycles. The predicted molar refractivity (Wildman–Crippen MR) is 95.3 cm³/mol. The van der Waals surface area contributed by atoms with Crippen molar-refractivity contribution in [2.75, 3.05) is 0 Å². The van der Waals surface area contributed by atoms with E-state index in [1.165, 1.54) is 11.0 Å². The number of hydrogen-bond acceptors (Lipinski definition) is 4. The molecule has 3 rings (SSSR count). The molecule has 1 atom stereocenters. The van der Waals surface area contributed by atoms with Crippen LogP contribution in [0.2, 0.25) is 0 Å². The van der Waals surface area contributed by atoms with E-state index in [9.17, 15) is 4.79 Å². The van der Waals surface area contributed by atoms with Gasteiger partial charge in [0.05, 0.1) is 11.7 Å². The van der Waals surface area contributed by atoms with Crippen molar-refractivity contribution in [3.05, 3.63) is 72.1 Å². The van der Waals surface area contributed by atoms with E-state index in [4.69, 9.17) is 0 Å². The molecule has 0 aliphatic carbocycles. The lowest BCUT2D eigenvalue weighted by Crippen LogP contribution is -2.29. The van der Waals surface area contributed by atoms with Crippen LogP contribution in [0.5, 0.6) is 0 Å². The lowest BCUT2D eigenvalue weighted by Gasteiger charge is -2.21. The van der Waals surface area contributed by atoms with Crippen molar-refractivity contribution in [3.8, 4) is 5.69 Å². The average Bonchev–Trinajstić information content (AvgIpc) is 3.16. The minimum absolute atomic E-state index is 0.0228. The summed E-state index contributed by atoms with van der Waals surface area (Å²) in [6, 6.07) is 17.3. The SMILES string of the molecule is CC(C)CC(NC(=O)c1cccc(-n2cnnn2)c1)c1ccccc1. The molecule has 1 unspecified atom stereocenters. The fourth-order valence-corrected chi connectivity index (χ4v) is 2.75. The number of carbonyl (C=O) groups excluding carboxylic acids is 1. The van der Waals surface area contributed by atoms with Gasteiger partial charge in [-0.15, -0.1) is 5.10 Å². The first kappa shape index (κ1) is 16.8. The molecule has 25 heavy (non-hydrogen) atoms. The van der Waals surface area contributed by atoms with Gasteiger partial charge in [-0.1, -0.05) is 50.2 Å². The highest BCUT2D eigenvalue weighted by Crippen LogP contribution is 2.22. The van der Waals surface area contributed by atoms with E-state index >= 15 is 0 Å². The molecule has 6 heteroatoms. The summed E-state index contributed by atoms with van der Waals surface area (Å²) < 4.78 is 1.53. The standard InChI is InChI=1S/C19H21N5O/c1-14(2)11-18(15-7-4-3-5-8-15)21-19(25)16-9-6-10-17(12-16)24-13-20-22-23-24/h3-10,12-14,18H,11H2,1-2H3,(H,21,25). The summed E-state index contributed by atoms with van der Waals surface area (Å²) in [5.41, 5.74) is 2.44. The minimum Gasteiger partial charge on any atom is -0.345 e. The molecular weight excluding hydrogens is 314 g/mol. The van der Waals surface area contributed by atoms with Gasteiger partial charge in [0, 0.05) is 5.56 Å². The fourth-order valence-electron chi connectivity index (χ4n) is 2.75. The van der Waals surface area contributed by atoms with Gasteiger partial charge in [-0.2, -0.15) is 0 Å². The molecule has 0 bridgehead atoms. The number of nitrogens with zero attached hydrogens (tertiary/aromatic N) is 4. The van der Waals surface area contributed by atoms with Crippen LogP contribution >= 0.6 is 0 Å². The van der Waals surface area contributed by atoms with E-state index in [-0.39, 0.29) is 11.9 Å². The Morgan fingerprint density at radius 1 is 1.12 bits per heavy atom. The van der Waals surface area contributed by atoms with Crippen LogP contribution in [0.3, 0.4) is 0 Å². The molecule has 0 fully saturated rings. The van der Waals surface area contributed by atoms with Gasteiger partial charge in [0.15, 0.2) is 0 Å². The Morgan fingerprint density at radius 2 is 1.92 bits per heavy atom. The minimum atomic E-state index is -0.107. The number of nitrogens with one attached hydrogen (secondary N) is 1. The van der Waals surface area contributed by atoms with Crippen molar-refractivity contribution < 1.29 is 4.79 Å². The van der Waals surface area contributed by atoms with Gasteiger partial charge in [0.1, 0.15) is 6.33 Å². The Labute approximate surface area is 146 Å². The van der Waals surface area contributed by atoms with Crippen molar-refractivity contribution in [1.82, 2.24) is 25.5 Å². The zero-order chi connectivity index (χ0) is 17.6. The van der Waals surface area contributed by atoms with E-state index in [0.29, 0.717) is 11.5 Å². The molecule has 128 valence electrons. The maximum atomic E-state index is 12.8. The number of carbonyl (C=O) groups is 1. The maximum absolute atomic E-state index is 12.8. The van der Waals surface area contributed by atoms with Gasteiger partial charge in [-0.25, -0.2) is 4.68 Å². The molecular formula is C19H21N5O. The second kappa shape index (κ2) is 7.70. The number of rotatable bonds is 6. The Morgan fingerprint density at radius 3 is 2.60 bits per heavy atom. The zero-order valence-electron chi connectivity index (χ0n) is 14.3. The lowest BCUT2D eigenvalue weighted by atomic mass is 9.96. The van der Waals surface area contributed by atoms with E-state index < -0.39 is 0 Å². The van der Waals surface area contributed by atoms with E-state index in [1.54, 1.807) is 12.1 Å². The van der Waals surface area contributed by atoms with Crippen LogP contribution in [0.15, 0.2) is 60.9 Å². The van der Waals surface area contributed by atoms with Crippen molar-refractivity contribution in [3.63, 3.8) is 0 Å². The Balaban J connectivity index is 1.81.